The normalized spacial score (nSPS) is 21.1. The minimum absolute atomic E-state index is 0.171. The van der Waals surface area contributed by atoms with Gasteiger partial charge in [0, 0.05) is 20.0 Å². The average molecular weight is 280 g/mol. The van der Waals surface area contributed by atoms with Crippen LogP contribution in [0, 0.1) is 5.82 Å². The summed E-state index contributed by atoms with van der Waals surface area (Å²) < 4.78 is 12.8. The molecule has 0 bridgehead atoms. The highest BCUT2D eigenvalue weighted by molar-refractivity contribution is 6.00. The third-order valence-corrected chi connectivity index (χ3v) is 3.46. The Labute approximate surface area is 116 Å². The zero-order chi connectivity index (χ0) is 14.7. The van der Waals surface area contributed by atoms with E-state index in [1.807, 2.05) is 0 Å². The summed E-state index contributed by atoms with van der Waals surface area (Å²) in [6, 6.07) is 5.08. The quantitative estimate of drug-likeness (QED) is 0.792. The standard InChI is InChI=1S/C14H17FN2O3/c1-17-13(19)7-6-11(14(17)20)16-8-12(18)9-2-4-10(15)5-3-9/h2-5,11-12,16,18H,6-8H2,1H3. The Morgan fingerprint density at radius 1 is 1.40 bits per heavy atom. The molecule has 1 aromatic rings. The first-order chi connectivity index (χ1) is 9.49. The average Bonchev–Trinajstić information content (AvgIpc) is 2.44. The molecular weight excluding hydrogens is 263 g/mol. The molecule has 0 spiro atoms. The molecule has 2 atom stereocenters. The van der Waals surface area contributed by atoms with Gasteiger partial charge in [-0.15, -0.1) is 0 Å². The molecule has 1 aliphatic heterocycles. The van der Waals surface area contributed by atoms with E-state index in [0.29, 0.717) is 18.4 Å². The van der Waals surface area contributed by atoms with Gasteiger partial charge in [-0.1, -0.05) is 12.1 Å². The maximum atomic E-state index is 12.8. The summed E-state index contributed by atoms with van der Waals surface area (Å²) in [5.41, 5.74) is 0.576. The zero-order valence-corrected chi connectivity index (χ0v) is 11.2. The second kappa shape index (κ2) is 6.11. The van der Waals surface area contributed by atoms with Crippen LogP contribution in [0.3, 0.4) is 0 Å². The van der Waals surface area contributed by atoms with Crippen LogP contribution in [0.4, 0.5) is 4.39 Å². The lowest BCUT2D eigenvalue weighted by Gasteiger charge is -2.29. The second-order valence-electron chi connectivity index (χ2n) is 4.86. The van der Waals surface area contributed by atoms with Crippen molar-refractivity contribution < 1.29 is 19.1 Å². The van der Waals surface area contributed by atoms with E-state index in [0.717, 1.165) is 4.90 Å². The third kappa shape index (κ3) is 3.20. The maximum absolute atomic E-state index is 12.8. The topological polar surface area (TPSA) is 69.6 Å². The largest absolute Gasteiger partial charge is 0.387 e. The van der Waals surface area contributed by atoms with Crippen LogP contribution in [0.2, 0.25) is 0 Å². The first kappa shape index (κ1) is 14.6. The Bertz CT molecular complexity index is 504. The van der Waals surface area contributed by atoms with Gasteiger partial charge in [0.2, 0.25) is 11.8 Å². The van der Waals surface area contributed by atoms with E-state index in [-0.39, 0.29) is 24.2 Å². The molecule has 2 amide bonds. The number of aliphatic hydroxyl groups is 1. The predicted octanol–water partition coefficient (Wildman–Crippen LogP) is 0.596. The van der Waals surface area contributed by atoms with Crippen molar-refractivity contribution >= 4 is 11.8 Å². The van der Waals surface area contributed by atoms with Gasteiger partial charge >= 0.3 is 0 Å². The fraction of sp³-hybridized carbons (Fsp3) is 0.429. The fourth-order valence-corrected chi connectivity index (χ4v) is 2.16. The van der Waals surface area contributed by atoms with Crippen LogP contribution < -0.4 is 5.32 Å². The van der Waals surface area contributed by atoms with E-state index < -0.39 is 12.1 Å². The SMILES string of the molecule is CN1C(=O)CCC(NCC(O)c2ccc(F)cc2)C1=O. The van der Waals surface area contributed by atoms with Crippen molar-refractivity contribution in [3.63, 3.8) is 0 Å². The van der Waals surface area contributed by atoms with Crippen molar-refractivity contribution in [2.24, 2.45) is 0 Å². The van der Waals surface area contributed by atoms with Gasteiger partial charge in [0.1, 0.15) is 5.82 Å². The first-order valence-corrected chi connectivity index (χ1v) is 6.46. The first-order valence-electron chi connectivity index (χ1n) is 6.46. The van der Waals surface area contributed by atoms with Gasteiger partial charge in [-0.2, -0.15) is 0 Å². The molecule has 1 aromatic carbocycles. The molecule has 108 valence electrons. The number of rotatable bonds is 4. The summed E-state index contributed by atoms with van der Waals surface area (Å²) in [6.07, 6.45) is -0.0867. The predicted molar refractivity (Wildman–Crippen MR) is 70.2 cm³/mol. The summed E-state index contributed by atoms with van der Waals surface area (Å²) in [4.78, 5) is 24.3. The number of nitrogens with zero attached hydrogens (tertiary/aromatic N) is 1. The van der Waals surface area contributed by atoms with E-state index in [1.54, 1.807) is 0 Å². The number of benzene rings is 1. The van der Waals surface area contributed by atoms with Gasteiger partial charge in [0.25, 0.3) is 0 Å². The lowest BCUT2D eigenvalue weighted by atomic mass is 10.0. The molecular formula is C14H17FN2O3. The molecule has 0 aliphatic carbocycles. The van der Waals surface area contributed by atoms with Gasteiger partial charge in [-0.3, -0.25) is 14.5 Å². The van der Waals surface area contributed by atoms with Gasteiger partial charge < -0.3 is 10.4 Å². The maximum Gasteiger partial charge on any atom is 0.246 e. The monoisotopic (exact) mass is 280 g/mol. The smallest absolute Gasteiger partial charge is 0.246 e. The van der Waals surface area contributed by atoms with E-state index in [1.165, 1.54) is 31.3 Å². The van der Waals surface area contributed by atoms with Gasteiger partial charge in [0.05, 0.1) is 12.1 Å². The van der Waals surface area contributed by atoms with Crippen molar-refractivity contribution in [2.45, 2.75) is 25.0 Å². The summed E-state index contributed by atoms with van der Waals surface area (Å²) in [7, 11) is 1.45. The summed E-state index contributed by atoms with van der Waals surface area (Å²) >= 11 is 0. The number of amides is 2. The molecule has 0 aromatic heterocycles. The number of likely N-dealkylation sites (N-methyl/N-ethyl adjacent to an activating group) is 1. The van der Waals surface area contributed by atoms with Crippen LogP contribution >= 0.6 is 0 Å². The van der Waals surface area contributed by atoms with Gasteiger partial charge in [0.15, 0.2) is 0 Å². The minimum Gasteiger partial charge on any atom is -0.387 e. The van der Waals surface area contributed by atoms with E-state index in [2.05, 4.69) is 5.32 Å². The molecule has 0 radical (unpaired) electrons. The van der Waals surface area contributed by atoms with Crippen LogP contribution in [-0.4, -0.2) is 41.5 Å². The molecule has 1 heterocycles. The molecule has 2 N–H and O–H groups in total. The molecule has 0 saturated carbocycles. The lowest BCUT2D eigenvalue weighted by Crippen LogP contribution is -2.52. The van der Waals surface area contributed by atoms with E-state index in [4.69, 9.17) is 0 Å². The highest BCUT2D eigenvalue weighted by Gasteiger charge is 2.31. The van der Waals surface area contributed by atoms with Gasteiger partial charge in [-0.25, -0.2) is 4.39 Å². The Balaban J connectivity index is 1.90. The minimum atomic E-state index is -0.827. The summed E-state index contributed by atoms with van der Waals surface area (Å²) in [6.45, 7) is 0.171. The number of carbonyl (C=O) groups excluding carboxylic acids is 2. The molecule has 1 aliphatic rings. The number of halogens is 1. The second-order valence-corrected chi connectivity index (χ2v) is 4.86. The Morgan fingerprint density at radius 3 is 2.70 bits per heavy atom. The van der Waals surface area contributed by atoms with Crippen LogP contribution in [0.15, 0.2) is 24.3 Å². The third-order valence-electron chi connectivity index (χ3n) is 3.46. The summed E-state index contributed by atoms with van der Waals surface area (Å²) in [5, 5.41) is 12.9. The number of nitrogens with one attached hydrogen (secondary N) is 1. The molecule has 1 fully saturated rings. The summed E-state index contributed by atoms with van der Waals surface area (Å²) in [5.74, 6) is -0.837. The van der Waals surface area contributed by atoms with Crippen LogP contribution in [0.1, 0.15) is 24.5 Å². The number of hydrogen-bond donors (Lipinski definition) is 2. The Morgan fingerprint density at radius 2 is 2.05 bits per heavy atom. The number of likely N-dealkylation sites (tertiary alicyclic amines) is 1. The number of imide groups is 1. The number of carbonyl (C=O) groups is 2. The highest BCUT2D eigenvalue weighted by atomic mass is 19.1. The fourth-order valence-electron chi connectivity index (χ4n) is 2.16. The zero-order valence-electron chi connectivity index (χ0n) is 11.2. The Hall–Kier alpha value is -1.79. The van der Waals surface area contributed by atoms with E-state index in [9.17, 15) is 19.1 Å². The molecule has 2 rings (SSSR count). The van der Waals surface area contributed by atoms with Crippen LogP contribution in [-0.2, 0) is 9.59 Å². The van der Waals surface area contributed by atoms with E-state index >= 15 is 0 Å². The van der Waals surface area contributed by atoms with Gasteiger partial charge in [-0.05, 0) is 24.1 Å². The van der Waals surface area contributed by atoms with Crippen molar-refractivity contribution in [2.75, 3.05) is 13.6 Å². The number of piperidine rings is 1. The highest BCUT2D eigenvalue weighted by Crippen LogP contribution is 2.15. The molecule has 1 saturated heterocycles. The van der Waals surface area contributed by atoms with Crippen molar-refractivity contribution in [1.29, 1.82) is 0 Å². The van der Waals surface area contributed by atoms with Crippen molar-refractivity contribution in [1.82, 2.24) is 10.2 Å². The van der Waals surface area contributed by atoms with Crippen molar-refractivity contribution in [3.8, 4) is 0 Å². The number of aliphatic hydroxyl groups excluding tert-OH is 1. The lowest BCUT2D eigenvalue weighted by molar-refractivity contribution is -0.148. The Kier molecular flexibility index (Phi) is 4.46. The molecule has 20 heavy (non-hydrogen) atoms. The van der Waals surface area contributed by atoms with Crippen LogP contribution in [0.5, 0.6) is 0 Å². The molecule has 6 heteroatoms. The molecule has 2 unspecified atom stereocenters. The van der Waals surface area contributed by atoms with Crippen LogP contribution in [0.25, 0.3) is 0 Å². The number of hydrogen-bond acceptors (Lipinski definition) is 4. The molecule has 5 nitrogen and oxygen atoms in total. The van der Waals surface area contributed by atoms with Crippen molar-refractivity contribution in [3.05, 3.63) is 35.6 Å².